The van der Waals surface area contributed by atoms with Crippen LogP contribution >= 0.6 is 22.6 Å². The summed E-state index contributed by atoms with van der Waals surface area (Å²) in [6.45, 7) is 4.16. The SMILES string of the molecule is C[C@@]1(c2ccc3c(N)ncnn23)O[C@H](CN)[C@@H](O)[C@@]1(C)I. The van der Waals surface area contributed by atoms with Crippen LogP contribution in [0.5, 0.6) is 0 Å². The summed E-state index contributed by atoms with van der Waals surface area (Å²) in [5.74, 6) is 0.406. The van der Waals surface area contributed by atoms with Crippen LogP contribution in [0.4, 0.5) is 5.82 Å². The van der Waals surface area contributed by atoms with Gasteiger partial charge >= 0.3 is 0 Å². The first kappa shape index (κ1) is 14.9. The first-order valence-corrected chi connectivity index (χ1v) is 7.74. The van der Waals surface area contributed by atoms with Gasteiger partial charge in [0.15, 0.2) is 5.82 Å². The fourth-order valence-corrected chi connectivity index (χ4v) is 3.72. The first-order chi connectivity index (χ1) is 9.83. The maximum atomic E-state index is 10.5. The molecule has 0 amide bonds. The summed E-state index contributed by atoms with van der Waals surface area (Å²) >= 11 is 2.23. The van der Waals surface area contributed by atoms with E-state index in [1.54, 1.807) is 4.52 Å². The number of halogens is 1. The molecule has 3 rings (SSSR count). The van der Waals surface area contributed by atoms with E-state index in [1.807, 2.05) is 26.0 Å². The Morgan fingerprint density at radius 2 is 2.19 bits per heavy atom. The van der Waals surface area contributed by atoms with E-state index in [0.717, 1.165) is 11.2 Å². The van der Waals surface area contributed by atoms with Crippen LogP contribution in [0.3, 0.4) is 0 Å². The van der Waals surface area contributed by atoms with Gasteiger partial charge in [-0.3, -0.25) is 0 Å². The predicted octanol–water partition coefficient (Wildman–Crippen LogP) is 0.439. The molecule has 4 atom stereocenters. The molecule has 7 nitrogen and oxygen atoms in total. The molecule has 0 aliphatic carbocycles. The van der Waals surface area contributed by atoms with Gasteiger partial charge in [0, 0.05) is 6.54 Å². The molecule has 21 heavy (non-hydrogen) atoms. The van der Waals surface area contributed by atoms with Crippen molar-refractivity contribution in [2.75, 3.05) is 12.3 Å². The van der Waals surface area contributed by atoms with Gasteiger partial charge < -0.3 is 21.3 Å². The van der Waals surface area contributed by atoms with Crippen LogP contribution in [0.2, 0.25) is 0 Å². The van der Waals surface area contributed by atoms with Crippen molar-refractivity contribution in [3.8, 4) is 0 Å². The van der Waals surface area contributed by atoms with Crippen molar-refractivity contribution in [2.45, 2.75) is 35.1 Å². The molecular weight excluding hydrogens is 385 g/mol. The smallest absolute Gasteiger partial charge is 0.151 e. The number of hydrogen-bond acceptors (Lipinski definition) is 6. The van der Waals surface area contributed by atoms with Crippen molar-refractivity contribution in [2.24, 2.45) is 5.73 Å². The normalized spacial score (nSPS) is 36.4. The Hall–Kier alpha value is -0.970. The van der Waals surface area contributed by atoms with Crippen LogP contribution in [0, 0.1) is 0 Å². The molecule has 0 spiro atoms. The number of fused-ring (bicyclic) bond motifs is 1. The standard InChI is InChI=1S/C13H18IN5O2/c1-12(14)10(20)8(5-15)21-13(12,2)9-4-3-7-11(16)17-6-18-19(7)9/h3-4,6,8,10,20H,5,15H2,1-2H3,(H2,16,17,18)/t8-,10-,12-,13+/m1/s1. The molecule has 0 bridgehead atoms. The average molecular weight is 403 g/mol. The Bertz CT molecular complexity index is 688. The Kier molecular flexibility index (Phi) is 3.39. The molecule has 1 saturated heterocycles. The number of nitrogen functional groups attached to an aromatic ring is 1. The third-order valence-electron chi connectivity index (χ3n) is 4.43. The molecule has 2 aromatic rings. The number of anilines is 1. The molecule has 0 unspecified atom stereocenters. The van der Waals surface area contributed by atoms with Crippen molar-refractivity contribution in [1.82, 2.24) is 14.6 Å². The van der Waals surface area contributed by atoms with E-state index in [-0.39, 0.29) is 6.54 Å². The zero-order valence-corrected chi connectivity index (χ0v) is 14.0. The maximum Gasteiger partial charge on any atom is 0.151 e. The Morgan fingerprint density at radius 1 is 1.48 bits per heavy atom. The van der Waals surface area contributed by atoms with Crippen molar-refractivity contribution >= 4 is 33.9 Å². The number of alkyl halides is 1. The number of nitrogens with zero attached hydrogens (tertiary/aromatic N) is 3. The summed E-state index contributed by atoms with van der Waals surface area (Å²) in [6.07, 6.45) is 0.324. The molecule has 0 saturated carbocycles. The Morgan fingerprint density at radius 3 is 2.81 bits per heavy atom. The largest absolute Gasteiger partial charge is 0.389 e. The summed E-state index contributed by atoms with van der Waals surface area (Å²) < 4.78 is 7.27. The molecule has 1 aliphatic rings. The molecule has 5 N–H and O–H groups in total. The Balaban J connectivity index is 2.19. The third-order valence-corrected chi connectivity index (χ3v) is 6.10. The van der Waals surface area contributed by atoms with E-state index < -0.39 is 21.2 Å². The molecule has 114 valence electrons. The van der Waals surface area contributed by atoms with Crippen LogP contribution in [-0.4, -0.2) is 41.9 Å². The highest BCUT2D eigenvalue weighted by Gasteiger charge is 2.60. The topological polar surface area (TPSA) is 112 Å². The van der Waals surface area contributed by atoms with Gasteiger partial charge in [-0.2, -0.15) is 5.10 Å². The van der Waals surface area contributed by atoms with Gasteiger partial charge in [-0.05, 0) is 26.0 Å². The van der Waals surface area contributed by atoms with Crippen LogP contribution in [0.1, 0.15) is 19.5 Å². The minimum Gasteiger partial charge on any atom is -0.389 e. The Labute approximate surface area is 135 Å². The van der Waals surface area contributed by atoms with Crippen LogP contribution in [0.15, 0.2) is 18.5 Å². The van der Waals surface area contributed by atoms with Crippen LogP contribution in [0.25, 0.3) is 5.52 Å². The van der Waals surface area contributed by atoms with E-state index in [1.165, 1.54) is 6.33 Å². The van der Waals surface area contributed by atoms with E-state index in [0.29, 0.717) is 5.82 Å². The lowest BCUT2D eigenvalue weighted by atomic mass is 9.85. The maximum absolute atomic E-state index is 10.5. The van der Waals surface area contributed by atoms with Gasteiger partial charge in [-0.15, -0.1) is 0 Å². The first-order valence-electron chi connectivity index (χ1n) is 6.66. The van der Waals surface area contributed by atoms with Gasteiger partial charge in [0.2, 0.25) is 0 Å². The molecule has 2 aromatic heterocycles. The molecule has 1 fully saturated rings. The van der Waals surface area contributed by atoms with Crippen molar-refractivity contribution in [3.63, 3.8) is 0 Å². The summed E-state index contributed by atoms with van der Waals surface area (Å²) in [6, 6.07) is 3.76. The van der Waals surface area contributed by atoms with Gasteiger partial charge in [0.1, 0.15) is 17.4 Å². The van der Waals surface area contributed by atoms with Gasteiger partial charge in [0.25, 0.3) is 0 Å². The van der Waals surface area contributed by atoms with E-state index in [9.17, 15) is 5.11 Å². The number of rotatable bonds is 2. The van der Waals surface area contributed by atoms with E-state index >= 15 is 0 Å². The van der Waals surface area contributed by atoms with Gasteiger partial charge in [-0.1, -0.05) is 22.6 Å². The van der Waals surface area contributed by atoms with E-state index in [4.69, 9.17) is 16.2 Å². The number of nitrogens with two attached hydrogens (primary N) is 2. The predicted molar refractivity (Wildman–Crippen MR) is 87.1 cm³/mol. The minimum atomic E-state index is -0.746. The zero-order chi connectivity index (χ0) is 15.4. The number of aliphatic hydroxyl groups is 1. The third kappa shape index (κ3) is 1.89. The second-order valence-electron chi connectivity index (χ2n) is 5.61. The summed E-state index contributed by atoms with van der Waals surface area (Å²) in [5.41, 5.74) is 12.4. The molecule has 3 heterocycles. The minimum absolute atomic E-state index is 0.260. The number of hydrogen-bond donors (Lipinski definition) is 3. The fraction of sp³-hybridized carbons (Fsp3) is 0.538. The second-order valence-corrected chi connectivity index (χ2v) is 7.85. The van der Waals surface area contributed by atoms with Gasteiger partial charge in [0.05, 0.1) is 21.3 Å². The van der Waals surface area contributed by atoms with E-state index in [2.05, 4.69) is 32.7 Å². The summed E-state index contributed by atoms with van der Waals surface area (Å²) in [7, 11) is 0. The fourth-order valence-electron chi connectivity index (χ4n) is 2.92. The average Bonchev–Trinajstić information content (AvgIpc) is 2.95. The molecule has 8 heteroatoms. The van der Waals surface area contributed by atoms with Crippen LogP contribution in [-0.2, 0) is 10.3 Å². The highest BCUT2D eigenvalue weighted by atomic mass is 127. The highest BCUT2D eigenvalue weighted by Crippen LogP contribution is 2.52. The zero-order valence-electron chi connectivity index (χ0n) is 11.8. The quantitative estimate of drug-likeness (QED) is 0.496. The van der Waals surface area contributed by atoms with Gasteiger partial charge in [-0.25, -0.2) is 9.50 Å². The monoisotopic (exact) mass is 403 g/mol. The molecule has 0 aromatic carbocycles. The van der Waals surface area contributed by atoms with Crippen molar-refractivity contribution < 1.29 is 9.84 Å². The number of aromatic nitrogens is 3. The summed E-state index contributed by atoms with van der Waals surface area (Å²) in [5, 5.41) is 14.8. The lowest BCUT2D eigenvalue weighted by Crippen LogP contribution is -2.46. The number of aliphatic hydroxyl groups excluding tert-OH is 1. The van der Waals surface area contributed by atoms with Crippen molar-refractivity contribution in [3.05, 3.63) is 24.2 Å². The highest BCUT2D eigenvalue weighted by molar-refractivity contribution is 14.1. The molecule has 1 aliphatic heterocycles. The molecule has 0 radical (unpaired) electrons. The second kappa shape index (κ2) is 4.77. The summed E-state index contributed by atoms with van der Waals surface area (Å²) in [4.78, 5) is 3.99. The van der Waals surface area contributed by atoms with Crippen LogP contribution < -0.4 is 11.5 Å². The lowest BCUT2D eigenvalue weighted by Gasteiger charge is -2.35. The molecular formula is C13H18IN5O2. The number of ether oxygens (including phenoxy) is 1. The van der Waals surface area contributed by atoms with Crippen molar-refractivity contribution in [1.29, 1.82) is 0 Å². The lowest BCUT2D eigenvalue weighted by molar-refractivity contribution is -0.0471.